The van der Waals surface area contributed by atoms with E-state index in [1.165, 1.54) is 0 Å². The SMILES string of the molecule is CN(C)c1c(-c2ccc(OC3CCN(C(=O)C4CC4)CC3)cc2)ccc2cccnc12. The number of nitrogens with zero attached hydrogens (tertiary/aromatic N) is 3. The zero-order valence-electron chi connectivity index (χ0n) is 18.3. The number of hydrogen-bond donors (Lipinski definition) is 0. The molecule has 1 saturated carbocycles. The smallest absolute Gasteiger partial charge is 0.225 e. The predicted molar refractivity (Wildman–Crippen MR) is 124 cm³/mol. The van der Waals surface area contributed by atoms with Crippen molar-refractivity contribution in [3.8, 4) is 16.9 Å². The van der Waals surface area contributed by atoms with Crippen molar-refractivity contribution >= 4 is 22.5 Å². The average molecular weight is 416 g/mol. The van der Waals surface area contributed by atoms with Crippen LogP contribution in [-0.2, 0) is 4.79 Å². The minimum atomic E-state index is 0.177. The van der Waals surface area contributed by atoms with E-state index in [4.69, 9.17) is 4.74 Å². The molecule has 2 aromatic carbocycles. The van der Waals surface area contributed by atoms with Crippen LogP contribution in [0.2, 0.25) is 0 Å². The van der Waals surface area contributed by atoms with Gasteiger partial charge < -0.3 is 14.5 Å². The number of pyridine rings is 1. The van der Waals surface area contributed by atoms with E-state index in [-0.39, 0.29) is 6.10 Å². The summed E-state index contributed by atoms with van der Waals surface area (Å²) in [5.41, 5.74) is 4.44. The van der Waals surface area contributed by atoms with Gasteiger partial charge in [-0.15, -0.1) is 0 Å². The number of amides is 1. The van der Waals surface area contributed by atoms with Crippen LogP contribution >= 0.6 is 0 Å². The Labute approximate surface area is 183 Å². The van der Waals surface area contributed by atoms with Crippen molar-refractivity contribution in [2.75, 3.05) is 32.1 Å². The van der Waals surface area contributed by atoms with Crippen LogP contribution in [-0.4, -0.2) is 49.1 Å². The second kappa shape index (κ2) is 8.22. The van der Waals surface area contributed by atoms with Gasteiger partial charge in [0, 0.05) is 63.1 Å². The van der Waals surface area contributed by atoms with Crippen LogP contribution in [0.25, 0.3) is 22.0 Å². The summed E-state index contributed by atoms with van der Waals surface area (Å²) in [6, 6.07) is 16.7. The molecule has 5 nitrogen and oxygen atoms in total. The quantitative estimate of drug-likeness (QED) is 0.603. The Morgan fingerprint density at radius 1 is 1.00 bits per heavy atom. The van der Waals surface area contributed by atoms with Crippen molar-refractivity contribution in [1.82, 2.24) is 9.88 Å². The van der Waals surface area contributed by atoms with E-state index in [0.717, 1.165) is 72.2 Å². The third-order valence-corrected chi connectivity index (χ3v) is 6.34. The Hall–Kier alpha value is -3.08. The lowest BCUT2D eigenvalue weighted by molar-refractivity contribution is -0.134. The maximum absolute atomic E-state index is 12.2. The van der Waals surface area contributed by atoms with Gasteiger partial charge in [-0.25, -0.2) is 0 Å². The molecule has 0 N–H and O–H groups in total. The minimum absolute atomic E-state index is 0.177. The number of carbonyl (C=O) groups is 1. The zero-order valence-corrected chi connectivity index (χ0v) is 18.3. The number of piperidine rings is 1. The molecular formula is C26H29N3O2. The van der Waals surface area contributed by atoms with E-state index in [1.807, 2.05) is 17.2 Å². The lowest BCUT2D eigenvalue weighted by atomic mass is 10.00. The van der Waals surface area contributed by atoms with Crippen molar-refractivity contribution < 1.29 is 9.53 Å². The minimum Gasteiger partial charge on any atom is -0.490 e. The largest absolute Gasteiger partial charge is 0.490 e. The summed E-state index contributed by atoms with van der Waals surface area (Å²) < 4.78 is 6.24. The molecule has 0 radical (unpaired) electrons. The number of aromatic nitrogens is 1. The lowest BCUT2D eigenvalue weighted by Gasteiger charge is -2.32. The maximum Gasteiger partial charge on any atom is 0.225 e. The number of ether oxygens (including phenoxy) is 1. The van der Waals surface area contributed by atoms with Crippen molar-refractivity contribution in [2.45, 2.75) is 31.8 Å². The van der Waals surface area contributed by atoms with Crippen LogP contribution in [0.1, 0.15) is 25.7 Å². The first-order chi connectivity index (χ1) is 15.1. The molecule has 1 aliphatic heterocycles. The summed E-state index contributed by atoms with van der Waals surface area (Å²) in [5, 5.41) is 1.14. The Bertz CT molecular complexity index is 1080. The van der Waals surface area contributed by atoms with E-state index in [0.29, 0.717) is 11.8 Å². The van der Waals surface area contributed by atoms with Crippen LogP contribution in [0.15, 0.2) is 54.7 Å². The average Bonchev–Trinajstić information content (AvgIpc) is 3.64. The zero-order chi connectivity index (χ0) is 21.4. The fourth-order valence-electron chi connectivity index (χ4n) is 4.50. The summed E-state index contributed by atoms with van der Waals surface area (Å²) in [4.78, 5) is 21.0. The maximum atomic E-state index is 12.2. The van der Waals surface area contributed by atoms with Crippen LogP contribution in [0.3, 0.4) is 0 Å². The molecule has 5 heteroatoms. The van der Waals surface area contributed by atoms with Gasteiger partial charge in [0.1, 0.15) is 11.9 Å². The number of anilines is 1. The Kier molecular flexibility index (Phi) is 5.26. The topological polar surface area (TPSA) is 45.7 Å². The first kappa shape index (κ1) is 19.9. The Morgan fingerprint density at radius 2 is 1.74 bits per heavy atom. The summed E-state index contributed by atoms with van der Waals surface area (Å²) >= 11 is 0. The van der Waals surface area contributed by atoms with Gasteiger partial charge >= 0.3 is 0 Å². The number of fused-ring (bicyclic) bond motifs is 1. The molecule has 2 fully saturated rings. The molecule has 0 bridgehead atoms. The summed E-state index contributed by atoms with van der Waals surface area (Å²) in [6.45, 7) is 1.63. The van der Waals surface area contributed by atoms with Gasteiger partial charge in [0.15, 0.2) is 0 Å². The first-order valence-electron chi connectivity index (χ1n) is 11.2. The predicted octanol–water partition coefficient (Wildman–Crippen LogP) is 4.75. The van der Waals surface area contributed by atoms with Crippen LogP contribution < -0.4 is 9.64 Å². The molecule has 0 unspecified atom stereocenters. The molecule has 3 aromatic rings. The molecule has 31 heavy (non-hydrogen) atoms. The monoisotopic (exact) mass is 415 g/mol. The summed E-state index contributed by atoms with van der Waals surface area (Å²) in [7, 11) is 4.12. The van der Waals surface area contributed by atoms with E-state index in [2.05, 4.69) is 66.4 Å². The number of rotatable bonds is 5. The van der Waals surface area contributed by atoms with E-state index in [9.17, 15) is 4.79 Å². The molecule has 1 aromatic heterocycles. The third-order valence-electron chi connectivity index (χ3n) is 6.34. The van der Waals surface area contributed by atoms with Crippen molar-refractivity contribution in [3.05, 3.63) is 54.7 Å². The highest BCUT2D eigenvalue weighted by atomic mass is 16.5. The summed E-state index contributed by atoms with van der Waals surface area (Å²) in [6.07, 6.45) is 5.98. The molecule has 0 atom stereocenters. The van der Waals surface area contributed by atoms with Crippen LogP contribution in [0.4, 0.5) is 5.69 Å². The lowest BCUT2D eigenvalue weighted by Crippen LogP contribution is -2.42. The fourth-order valence-corrected chi connectivity index (χ4v) is 4.50. The van der Waals surface area contributed by atoms with E-state index >= 15 is 0 Å². The highest BCUT2D eigenvalue weighted by molar-refractivity contribution is 5.99. The third kappa shape index (κ3) is 4.09. The first-order valence-corrected chi connectivity index (χ1v) is 11.2. The molecule has 2 aliphatic rings. The van der Waals surface area contributed by atoms with Crippen molar-refractivity contribution in [1.29, 1.82) is 0 Å². The molecule has 5 rings (SSSR count). The van der Waals surface area contributed by atoms with Crippen LogP contribution in [0, 0.1) is 5.92 Å². The molecule has 2 heterocycles. The van der Waals surface area contributed by atoms with Gasteiger partial charge in [-0.1, -0.05) is 30.3 Å². The standard InChI is InChI=1S/C26H29N3O2/c1-28(2)25-23(12-9-19-4-3-15-27-24(19)25)18-7-10-21(11-8-18)31-22-13-16-29(17-14-22)26(30)20-5-6-20/h3-4,7-12,15,20,22H,5-6,13-14,16-17H2,1-2H3. The van der Waals surface area contributed by atoms with Gasteiger partial charge in [0.2, 0.25) is 5.91 Å². The number of carbonyl (C=O) groups excluding carboxylic acids is 1. The molecule has 160 valence electrons. The number of benzene rings is 2. The highest BCUT2D eigenvalue weighted by Crippen LogP contribution is 2.36. The van der Waals surface area contributed by atoms with Gasteiger partial charge in [0.05, 0.1) is 11.2 Å². The second-order valence-electron chi connectivity index (χ2n) is 8.87. The van der Waals surface area contributed by atoms with Gasteiger partial charge in [-0.3, -0.25) is 9.78 Å². The normalized spacial score (nSPS) is 17.0. The molecule has 1 amide bonds. The molecule has 0 spiro atoms. The van der Waals surface area contributed by atoms with Gasteiger partial charge in [-0.2, -0.15) is 0 Å². The fraction of sp³-hybridized carbons (Fsp3) is 0.385. The Balaban J connectivity index is 1.30. The van der Waals surface area contributed by atoms with Crippen molar-refractivity contribution in [3.63, 3.8) is 0 Å². The van der Waals surface area contributed by atoms with Gasteiger partial charge in [-0.05, 0) is 36.6 Å². The second-order valence-corrected chi connectivity index (χ2v) is 8.87. The Morgan fingerprint density at radius 3 is 2.42 bits per heavy atom. The molecule has 1 aliphatic carbocycles. The van der Waals surface area contributed by atoms with E-state index in [1.54, 1.807) is 0 Å². The van der Waals surface area contributed by atoms with Crippen molar-refractivity contribution in [2.24, 2.45) is 5.92 Å². The molecule has 1 saturated heterocycles. The van der Waals surface area contributed by atoms with E-state index < -0.39 is 0 Å². The molecular weight excluding hydrogens is 386 g/mol. The highest BCUT2D eigenvalue weighted by Gasteiger charge is 2.35. The van der Waals surface area contributed by atoms with Gasteiger partial charge in [0.25, 0.3) is 0 Å². The van der Waals surface area contributed by atoms with Crippen LogP contribution in [0.5, 0.6) is 5.75 Å². The number of likely N-dealkylation sites (tertiary alicyclic amines) is 1. The summed E-state index contributed by atoms with van der Waals surface area (Å²) in [5.74, 6) is 1.55. The number of hydrogen-bond acceptors (Lipinski definition) is 4.